The number of benzene rings is 2. The zero-order valence-electron chi connectivity index (χ0n) is 16.6. The van der Waals surface area contributed by atoms with Gasteiger partial charge in [0.05, 0.1) is 13.2 Å². The van der Waals surface area contributed by atoms with Gasteiger partial charge in [0, 0.05) is 5.69 Å². The fourth-order valence-electron chi connectivity index (χ4n) is 2.47. The Bertz CT molecular complexity index is 911. The number of carbonyl (C=O) groups is 1. The summed E-state index contributed by atoms with van der Waals surface area (Å²) < 4.78 is 16.5. The Balaban J connectivity index is 2.19. The lowest BCUT2D eigenvalue weighted by molar-refractivity contribution is -0.112. The number of ether oxygens (including phenoxy) is 3. The maximum Gasteiger partial charge on any atom is 0.266 e. The summed E-state index contributed by atoms with van der Waals surface area (Å²) in [5.41, 5.74) is 1.20. The van der Waals surface area contributed by atoms with E-state index in [1.54, 1.807) is 48.5 Å². The van der Waals surface area contributed by atoms with Gasteiger partial charge >= 0.3 is 0 Å². The first-order chi connectivity index (χ1) is 14.1. The monoisotopic (exact) mass is 392 g/mol. The molecule has 2 rings (SSSR count). The van der Waals surface area contributed by atoms with Gasteiger partial charge in [-0.15, -0.1) is 0 Å². The highest BCUT2D eigenvalue weighted by atomic mass is 16.5. The van der Waals surface area contributed by atoms with Gasteiger partial charge in [-0.1, -0.05) is 18.7 Å². The fourth-order valence-corrected chi connectivity index (χ4v) is 2.47. The molecule has 150 valence electrons. The second-order valence-corrected chi connectivity index (χ2v) is 5.82. The van der Waals surface area contributed by atoms with Gasteiger partial charge in [-0.25, -0.2) is 0 Å². The van der Waals surface area contributed by atoms with Crippen LogP contribution in [0.4, 0.5) is 5.69 Å². The van der Waals surface area contributed by atoms with Crippen LogP contribution in [0.15, 0.2) is 60.7 Å². The first-order valence-corrected chi connectivity index (χ1v) is 9.27. The standard InChI is InChI=1S/C23H24N2O4/c1-4-13-29-21-12-7-17(15-22(21)28-6-3)14-18(16-24)23(26)25-19-8-10-20(11-9-19)27-5-2/h4,7-12,14-15H,1,5-6,13H2,2-3H3,(H,25,26)/b18-14+. The molecule has 2 aromatic carbocycles. The molecule has 1 N–H and O–H groups in total. The number of nitrogens with one attached hydrogen (secondary N) is 1. The van der Waals surface area contributed by atoms with Gasteiger partial charge in [0.25, 0.3) is 5.91 Å². The Hall–Kier alpha value is -3.72. The molecule has 0 saturated heterocycles. The molecule has 0 aliphatic carbocycles. The molecule has 0 saturated carbocycles. The van der Waals surface area contributed by atoms with Crippen molar-refractivity contribution in [3.63, 3.8) is 0 Å². The van der Waals surface area contributed by atoms with Crippen LogP contribution >= 0.6 is 0 Å². The molecule has 0 bridgehead atoms. The van der Waals surface area contributed by atoms with Crippen molar-refractivity contribution in [2.45, 2.75) is 13.8 Å². The van der Waals surface area contributed by atoms with E-state index in [0.717, 1.165) is 0 Å². The molecular weight excluding hydrogens is 368 g/mol. The molecule has 0 aromatic heterocycles. The maximum absolute atomic E-state index is 12.5. The molecule has 0 atom stereocenters. The molecule has 0 unspecified atom stereocenters. The van der Waals surface area contributed by atoms with Gasteiger partial charge in [-0.2, -0.15) is 5.26 Å². The molecule has 0 heterocycles. The number of hydrogen-bond acceptors (Lipinski definition) is 5. The number of amides is 1. The van der Waals surface area contributed by atoms with Crippen LogP contribution in [0.3, 0.4) is 0 Å². The minimum atomic E-state index is -0.499. The molecular formula is C23H24N2O4. The van der Waals surface area contributed by atoms with E-state index in [9.17, 15) is 10.1 Å². The van der Waals surface area contributed by atoms with Gasteiger partial charge in [0.2, 0.25) is 0 Å². The lowest BCUT2D eigenvalue weighted by Crippen LogP contribution is -2.13. The normalized spacial score (nSPS) is 10.6. The molecule has 0 radical (unpaired) electrons. The van der Waals surface area contributed by atoms with Crippen LogP contribution in [0.5, 0.6) is 17.2 Å². The number of hydrogen-bond donors (Lipinski definition) is 1. The van der Waals surface area contributed by atoms with Crippen LogP contribution in [0, 0.1) is 11.3 Å². The third-order valence-corrected chi connectivity index (χ3v) is 3.72. The zero-order chi connectivity index (χ0) is 21.1. The summed E-state index contributed by atoms with van der Waals surface area (Å²) in [6.45, 7) is 8.76. The minimum absolute atomic E-state index is 0.0268. The van der Waals surface area contributed by atoms with Crippen LogP contribution in [-0.2, 0) is 4.79 Å². The Kier molecular flexibility index (Phi) is 8.33. The second kappa shape index (κ2) is 11.2. The lowest BCUT2D eigenvalue weighted by Gasteiger charge is -2.11. The number of carbonyl (C=O) groups excluding carboxylic acids is 1. The molecule has 1 amide bonds. The lowest BCUT2D eigenvalue weighted by atomic mass is 10.1. The summed E-state index contributed by atoms with van der Waals surface area (Å²) in [5.74, 6) is 1.32. The van der Waals surface area contributed by atoms with Gasteiger partial charge in [-0.05, 0) is 61.9 Å². The van der Waals surface area contributed by atoms with Crippen LogP contribution in [0.25, 0.3) is 6.08 Å². The Labute approximate surface area is 171 Å². The average molecular weight is 392 g/mol. The topological polar surface area (TPSA) is 80.6 Å². The number of rotatable bonds is 10. The van der Waals surface area contributed by atoms with Crippen LogP contribution in [-0.4, -0.2) is 25.7 Å². The highest BCUT2D eigenvalue weighted by Gasteiger charge is 2.11. The third-order valence-electron chi connectivity index (χ3n) is 3.72. The molecule has 0 aliphatic heterocycles. The number of nitrogens with zero attached hydrogens (tertiary/aromatic N) is 1. The zero-order valence-corrected chi connectivity index (χ0v) is 16.6. The number of anilines is 1. The van der Waals surface area contributed by atoms with Crippen LogP contribution in [0.1, 0.15) is 19.4 Å². The van der Waals surface area contributed by atoms with Crippen molar-refractivity contribution in [2.75, 3.05) is 25.1 Å². The number of nitriles is 1. The summed E-state index contributed by atoms with van der Waals surface area (Å²) in [4.78, 5) is 12.5. The van der Waals surface area contributed by atoms with E-state index in [0.29, 0.717) is 48.3 Å². The van der Waals surface area contributed by atoms with E-state index in [4.69, 9.17) is 14.2 Å². The van der Waals surface area contributed by atoms with Gasteiger partial charge in [0.1, 0.15) is 24.0 Å². The summed E-state index contributed by atoms with van der Waals surface area (Å²) >= 11 is 0. The summed E-state index contributed by atoms with van der Waals surface area (Å²) in [6.07, 6.45) is 3.15. The van der Waals surface area contributed by atoms with E-state index >= 15 is 0 Å². The van der Waals surface area contributed by atoms with Crippen molar-refractivity contribution in [3.8, 4) is 23.3 Å². The first-order valence-electron chi connectivity index (χ1n) is 9.27. The van der Waals surface area contributed by atoms with E-state index in [-0.39, 0.29) is 5.57 Å². The predicted molar refractivity (Wildman–Crippen MR) is 113 cm³/mol. The van der Waals surface area contributed by atoms with Crippen molar-refractivity contribution in [3.05, 3.63) is 66.3 Å². The Morgan fingerprint density at radius 2 is 1.79 bits per heavy atom. The molecule has 2 aromatic rings. The largest absolute Gasteiger partial charge is 0.494 e. The highest BCUT2D eigenvalue weighted by molar-refractivity contribution is 6.09. The smallest absolute Gasteiger partial charge is 0.266 e. The van der Waals surface area contributed by atoms with Crippen LogP contribution < -0.4 is 19.5 Å². The first kappa shape index (κ1) is 21.6. The molecule has 29 heavy (non-hydrogen) atoms. The van der Waals surface area contributed by atoms with E-state index in [1.807, 2.05) is 19.9 Å². The van der Waals surface area contributed by atoms with E-state index in [1.165, 1.54) is 6.08 Å². The Morgan fingerprint density at radius 1 is 1.07 bits per heavy atom. The molecule has 0 spiro atoms. The van der Waals surface area contributed by atoms with Crippen LogP contribution in [0.2, 0.25) is 0 Å². The summed E-state index contributed by atoms with van der Waals surface area (Å²) in [5, 5.41) is 12.1. The fraction of sp³-hybridized carbons (Fsp3) is 0.217. The molecule has 6 heteroatoms. The van der Waals surface area contributed by atoms with E-state index in [2.05, 4.69) is 11.9 Å². The van der Waals surface area contributed by atoms with Gasteiger partial charge in [-0.3, -0.25) is 4.79 Å². The van der Waals surface area contributed by atoms with Crippen molar-refractivity contribution in [1.82, 2.24) is 0 Å². The molecule has 6 nitrogen and oxygen atoms in total. The van der Waals surface area contributed by atoms with Crippen molar-refractivity contribution < 1.29 is 19.0 Å². The van der Waals surface area contributed by atoms with Gasteiger partial charge < -0.3 is 19.5 Å². The summed E-state index contributed by atoms with van der Waals surface area (Å²) in [6, 6.07) is 14.1. The predicted octanol–water partition coefficient (Wildman–Crippen LogP) is 4.59. The van der Waals surface area contributed by atoms with Crippen molar-refractivity contribution >= 4 is 17.7 Å². The maximum atomic E-state index is 12.5. The van der Waals surface area contributed by atoms with Crippen molar-refractivity contribution in [2.24, 2.45) is 0 Å². The third kappa shape index (κ3) is 6.43. The minimum Gasteiger partial charge on any atom is -0.494 e. The Morgan fingerprint density at radius 3 is 2.41 bits per heavy atom. The molecule has 0 fully saturated rings. The summed E-state index contributed by atoms with van der Waals surface area (Å²) in [7, 11) is 0. The highest BCUT2D eigenvalue weighted by Crippen LogP contribution is 2.29. The second-order valence-electron chi connectivity index (χ2n) is 5.82. The quantitative estimate of drug-likeness (QED) is 0.363. The molecule has 0 aliphatic rings. The van der Waals surface area contributed by atoms with Crippen molar-refractivity contribution in [1.29, 1.82) is 5.26 Å². The van der Waals surface area contributed by atoms with E-state index < -0.39 is 5.91 Å². The average Bonchev–Trinajstić information content (AvgIpc) is 2.73. The van der Waals surface area contributed by atoms with Gasteiger partial charge in [0.15, 0.2) is 11.5 Å². The SMILES string of the molecule is C=CCOc1ccc(/C=C(\C#N)C(=O)Nc2ccc(OCC)cc2)cc1OCC.